The van der Waals surface area contributed by atoms with Gasteiger partial charge in [0, 0.05) is 16.2 Å². The molecule has 0 bridgehead atoms. The fraction of sp³-hybridized carbons (Fsp3) is 0.400. The second-order valence-electron chi connectivity index (χ2n) is 3.21. The van der Waals surface area contributed by atoms with E-state index in [-0.39, 0.29) is 0 Å². The molecule has 0 radical (unpaired) electrons. The van der Waals surface area contributed by atoms with Crippen LogP contribution in [-0.4, -0.2) is 6.54 Å². The molecule has 1 aliphatic rings. The van der Waals surface area contributed by atoms with E-state index in [9.17, 15) is 0 Å². The Labute approximate surface area is 86.7 Å². The number of anilines is 1. The molecule has 0 saturated carbocycles. The van der Waals surface area contributed by atoms with Gasteiger partial charge in [0.2, 0.25) is 0 Å². The highest BCUT2D eigenvalue weighted by atomic mass is 127. The number of hydrogen-bond acceptors (Lipinski definition) is 1. The van der Waals surface area contributed by atoms with Crippen LogP contribution >= 0.6 is 22.6 Å². The Balaban J connectivity index is 2.39. The third kappa shape index (κ3) is 1.44. The summed E-state index contributed by atoms with van der Waals surface area (Å²) >= 11 is 2.45. The Morgan fingerprint density at radius 3 is 3.08 bits per heavy atom. The summed E-state index contributed by atoms with van der Waals surface area (Å²) in [5, 5.41) is 3.36. The van der Waals surface area contributed by atoms with Crippen molar-refractivity contribution in [2.24, 2.45) is 0 Å². The normalized spacial score (nSPS) is 16.8. The highest BCUT2D eigenvalue weighted by molar-refractivity contribution is 14.1. The van der Waals surface area contributed by atoms with Crippen LogP contribution in [0.1, 0.15) is 22.0 Å². The lowest BCUT2D eigenvalue weighted by atomic mass is 10.1. The van der Waals surface area contributed by atoms with E-state index in [4.69, 9.17) is 0 Å². The second-order valence-corrected chi connectivity index (χ2v) is 5.08. The molecule has 0 fully saturated rings. The molecule has 1 nitrogen and oxygen atoms in total. The zero-order valence-electron chi connectivity index (χ0n) is 7.10. The summed E-state index contributed by atoms with van der Waals surface area (Å²) in [6.45, 7) is 3.33. The SMILES string of the molecule is C[C@H](I)c1ccc2c(c1)CCN2. The fourth-order valence-electron chi connectivity index (χ4n) is 1.57. The van der Waals surface area contributed by atoms with Crippen molar-refractivity contribution in [1.82, 2.24) is 0 Å². The van der Waals surface area contributed by atoms with Crippen LogP contribution in [0.4, 0.5) is 5.69 Å². The molecule has 0 spiro atoms. The van der Waals surface area contributed by atoms with Gasteiger partial charge in [-0.2, -0.15) is 0 Å². The van der Waals surface area contributed by atoms with Gasteiger partial charge >= 0.3 is 0 Å². The summed E-state index contributed by atoms with van der Waals surface area (Å²) in [6, 6.07) is 6.74. The maximum Gasteiger partial charge on any atom is 0.0373 e. The van der Waals surface area contributed by atoms with Gasteiger partial charge in [0.25, 0.3) is 0 Å². The minimum Gasteiger partial charge on any atom is -0.384 e. The van der Waals surface area contributed by atoms with Gasteiger partial charge in [0.05, 0.1) is 0 Å². The van der Waals surface area contributed by atoms with Crippen molar-refractivity contribution in [3.63, 3.8) is 0 Å². The van der Waals surface area contributed by atoms with Crippen LogP contribution in [0.15, 0.2) is 18.2 Å². The first kappa shape index (κ1) is 8.35. The molecule has 1 atom stereocenters. The largest absolute Gasteiger partial charge is 0.384 e. The Kier molecular flexibility index (Phi) is 2.26. The van der Waals surface area contributed by atoms with Crippen molar-refractivity contribution in [2.75, 3.05) is 11.9 Å². The first-order valence-corrected chi connectivity index (χ1v) is 5.53. The van der Waals surface area contributed by atoms with Crippen molar-refractivity contribution in [1.29, 1.82) is 0 Å². The molecular formula is C10H12IN. The lowest BCUT2D eigenvalue weighted by Crippen LogP contribution is -1.90. The Hall–Kier alpha value is -0.250. The third-order valence-corrected chi connectivity index (χ3v) is 3.02. The summed E-state index contributed by atoms with van der Waals surface area (Å²) in [7, 11) is 0. The summed E-state index contributed by atoms with van der Waals surface area (Å²) < 4.78 is 0.619. The average molecular weight is 273 g/mol. The van der Waals surface area contributed by atoms with E-state index in [0.29, 0.717) is 3.92 Å². The average Bonchev–Trinajstić information content (AvgIpc) is 2.49. The van der Waals surface area contributed by atoms with Crippen molar-refractivity contribution in [2.45, 2.75) is 17.3 Å². The van der Waals surface area contributed by atoms with E-state index in [2.05, 4.69) is 53.0 Å². The summed E-state index contributed by atoms with van der Waals surface area (Å²) in [4.78, 5) is 0. The molecule has 12 heavy (non-hydrogen) atoms. The number of halogens is 1. The minimum atomic E-state index is 0.619. The standard InChI is InChI=1S/C10H12IN/c1-7(11)8-2-3-10-9(6-8)4-5-12-10/h2-3,6-7,12H,4-5H2,1H3/t7-/m0/s1. The Morgan fingerprint density at radius 1 is 1.50 bits per heavy atom. The molecule has 1 N–H and O–H groups in total. The van der Waals surface area contributed by atoms with Crippen LogP contribution in [0.3, 0.4) is 0 Å². The number of benzene rings is 1. The second kappa shape index (κ2) is 3.24. The van der Waals surface area contributed by atoms with Gasteiger partial charge in [-0.3, -0.25) is 0 Å². The molecule has 1 aliphatic heterocycles. The van der Waals surface area contributed by atoms with E-state index in [1.54, 1.807) is 0 Å². The Bertz CT molecular complexity index is 294. The summed E-state index contributed by atoms with van der Waals surface area (Å²) in [5.41, 5.74) is 4.25. The van der Waals surface area contributed by atoms with E-state index in [1.807, 2.05) is 0 Å². The van der Waals surface area contributed by atoms with Gasteiger partial charge < -0.3 is 5.32 Å². The molecule has 2 heteroatoms. The van der Waals surface area contributed by atoms with Crippen LogP contribution in [0.2, 0.25) is 0 Å². The van der Waals surface area contributed by atoms with Gasteiger partial charge in [-0.05, 0) is 30.5 Å². The van der Waals surface area contributed by atoms with Crippen molar-refractivity contribution in [3.05, 3.63) is 29.3 Å². The lowest BCUT2D eigenvalue weighted by molar-refractivity contribution is 1.09. The number of alkyl halides is 1. The predicted molar refractivity (Wildman–Crippen MR) is 61.1 cm³/mol. The lowest BCUT2D eigenvalue weighted by Gasteiger charge is -2.05. The predicted octanol–water partition coefficient (Wildman–Crippen LogP) is 3.15. The van der Waals surface area contributed by atoms with E-state index in [0.717, 1.165) is 6.54 Å². The topological polar surface area (TPSA) is 12.0 Å². The number of hydrogen-bond donors (Lipinski definition) is 1. The van der Waals surface area contributed by atoms with Crippen molar-refractivity contribution in [3.8, 4) is 0 Å². The molecule has 1 heterocycles. The first-order chi connectivity index (χ1) is 5.77. The fourth-order valence-corrected chi connectivity index (χ4v) is 1.96. The smallest absolute Gasteiger partial charge is 0.0373 e. The van der Waals surface area contributed by atoms with Crippen LogP contribution < -0.4 is 5.32 Å². The molecule has 1 aromatic rings. The Morgan fingerprint density at radius 2 is 2.33 bits per heavy atom. The highest BCUT2D eigenvalue weighted by Crippen LogP contribution is 2.29. The van der Waals surface area contributed by atoms with E-state index >= 15 is 0 Å². The van der Waals surface area contributed by atoms with Crippen LogP contribution in [0.5, 0.6) is 0 Å². The molecule has 1 aromatic carbocycles. The van der Waals surface area contributed by atoms with Gasteiger partial charge in [0.15, 0.2) is 0 Å². The van der Waals surface area contributed by atoms with Crippen molar-refractivity contribution >= 4 is 28.3 Å². The van der Waals surface area contributed by atoms with Crippen LogP contribution in [0, 0.1) is 0 Å². The molecule has 0 amide bonds. The van der Waals surface area contributed by atoms with Gasteiger partial charge in [-0.25, -0.2) is 0 Å². The molecule has 0 aliphatic carbocycles. The maximum absolute atomic E-state index is 3.36. The summed E-state index contributed by atoms with van der Waals surface area (Å²) in [6.07, 6.45) is 1.19. The quantitative estimate of drug-likeness (QED) is 0.612. The molecule has 64 valence electrons. The molecule has 0 unspecified atom stereocenters. The molecule has 2 rings (SSSR count). The number of nitrogens with one attached hydrogen (secondary N) is 1. The van der Waals surface area contributed by atoms with E-state index in [1.165, 1.54) is 23.2 Å². The zero-order chi connectivity index (χ0) is 8.55. The van der Waals surface area contributed by atoms with Crippen LogP contribution in [0.25, 0.3) is 0 Å². The van der Waals surface area contributed by atoms with E-state index < -0.39 is 0 Å². The first-order valence-electron chi connectivity index (χ1n) is 4.28. The molecule has 0 saturated heterocycles. The monoisotopic (exact) mass is 273 g/mol. The third-order valence-electron chi connectivity index (χ3n) is 2.30. The molecular weight excluding hydrogens is 261 g/mol. The number of rotatable bonds is 1. The van der Waals surface area contributed by atoms with Crippen molar-refractivity contribution < 1.29 is 0 Å². The minimum absolute atomic E-state index is 0.619. The van der Waals surface area contributed by atoms with Gasteiger partial charge in [-0.1, -0.05) is 34.7 Å². The zero-order valence-corrected chi connectivity index (χ0v) is 9.26. The maximum atomic E-state index is 3.36. The van der Waals surface area contributed by atoms with Crippen LogP contribution in [-0.2, 0) is 6.42 Å². The summed E-state index contributed by atoms with van der Waals surface area (Å²) in [5.74, 6) is 0. The van der Waals surface area contributed by atoms with Gasteiger partial charge in [-0.15, -0.1) is 0 Å². The van der Waals surface area contributed by atoms with Gasteiger partial charge in [0.1, 0.15) is 0 Å². The number of fused-ring (bicyclic) bond motifs is 1. The highest BCUT2D eigenvalue weighted by Gasteiger charge is 2.10. The molecule has 0 aromatic heterocycles.